The van der Waals surface area contributed by atoms with Gasteiger partial charge in [-0.3, -0.25) is 0 Å². The number of halogens is 1. The molecule has 1 heterocycles. The van der Waals surface area contributed by atoms with Crippen LogP contribution in [0.5, 0.6) is 0 Å². The molecule has 0 unspecified atom stereocenters. The van der Waals surface area contributed by atoms with Gasteiger partial charge in [0.2, 0.25) is 0 Å². The van der Waals surface area contributed by atoms with Gasteiger partial charge < -0.3 is 4.74 Å². The lowest BCUT2D eigenvalue weighted by molar-refractivity contribution is 0.0293. The van der Waals surface area contributed by atoms with Crippen LogP contribution < -0.4 is 0 Å². The minimum atomic E-state index is -3.51. The second kappa shape index (κ2) is 4.59. The molecule has 0 aromatic rings. The summed E-state index contributed by atoms with van der Waals surface area (Å²) >= 11 is 0. The van der Waals surface area contributed by atoms with Gasteiger partial charge in [-0.05, 0) is 19.8 Å². The fraction of sp³-hybridized carbons (Fsp3) is 1.00. The van der Waals surface area contributed by atoms with Crippen LogP contribution in [0.2, 0.25) is 0 Å². The molecule has 13 heavy (non-hydrogen) atoms. The van der Waals surface area contributed by atoms with E-state index in [9.17, 15) is 8.42 Å². The van der Waals surface area contributed by atoms with Crippen LogP contribution in [-0.2, 0) is 14.0 Å². The number of ether oxygens (including phenoxy) is 1. The quantitative estimate of drug-likeness (QED) is 0.675. The molecule has 78 valence electrons. The number of hydrogen-bond acceptors (Lipinski definition) is 3. The highest BCUT2D eigenvalue weighted by atomic mass is 35.7. The van der Waals surface area contributed by atoms with Crippen LogP contribution in [0.25, 0.3) is 0 Å². The van der Waals surface area contributed by atoms with Crippen LogP contribution >= 0.6 is 10.7 Å². The normalized spacial score (nSPS) is 22.0. The maximum absolute atomic E-state index is 10.9. The Morgan fingerprint density at radius 3 is 2.38 bits per heavy atom. The van der Waals surface area contributed by atoms with Gasteiger partial charge in [0.05, 0.1) is 6.10 Å². The summed E-state index contributed by atoms with van der Waals surface area (Å²) in [5.41, 5.74) is 0. The summed E-state index contributed by atoms with van der Waals surface area (Å²) in [6.45, 7) is 3.55. The van der Waals surface area contributed by atoms with E-state index in [2.05, 4.69) is 0 Å². The lowest BCUT2D eigenvalue weighted by Gasteiger charge is -2.28. The van der Waals surface area contributed by atoms with Crippen LogP contribution in [0, 0.1) is 0 Å². The van der Waals surface area contributed by atoms with E-state index in [0.717, 1.165) is 12.8 Å². The highest BCUT2D eigenvalue weighted by Gasteiger charge is 2.26. The summed E-state index contributed by atoms with van der Waals surface area (Å²) in [6.07, 6.45) is 1.67. The predicted octanol–water partition coefficient (Wildman–Crippen LogP) is 0.971. The van der Waals surface area contributed by atoms with Crippen LogP contribution in [0.15, 0.2) is 0 Å². The molecule has 0 amide bonds. The van der Waals surface area contributed by atoms with E-state index in [0.29, 0.717) is 19.7 Å². The van der Waals surface area contributed by atoms with E-state index in [4.69, 9.17) is 15.4 Å². The monoisotopic (exact) mass is 227 g/mol. The van der Waals surface area contributed by atoms with Crippen molar-refractivity contribution >= 4 is 19.9 Å². The van der Waals surface area contributed by atoms with Crippen molar-refractivity contribution in [3.63, 3.8) is 0 Å². The molecule has 0 N–H and O–H groups in total. The Hall–Kier alpha value is 0.160. The first-order valence-corrected chi connectivity index (χ1v) is 6.62. The molecule has 1 saturated heterocycles. The summed E-state index contributed by atoms with van der Waals surface area (Å²) in [5, 5.41) is 0. The summed E-state index contributed by atoms with van der Waals surface area (Å²) < 4.78 is 28.5. The molecule has 0 aliphatic carbocycles. The van der Waals surface area contributed by atoms with Gasteiger partial charge in [-0.2, -0.15) is 12.7 Å². The average molecular weight is 228 g/mol. The van der Waals surface area contributed by atoms with Crippen LogP contribution in [0.3, 0.4) is 0 Å². The third kappa shape index (κ3) is 3.42. The predicted molar refractivity (Wildman–Crippen MR) is 51.0 cm³/mol. The highest BCUT2D eigenvalue weighted by molar-refractivity contribution is 8.11. The average Bonchev–Trinajstić information content (AvgIpc) is 2.04. The molecule has 0 aromatic carbocycles. The molecule has 4 nitrogen and oxygen atoms in total. The van der Waals surface area contributed by atoms with Crippen molar-refractivity contribution in [1.29, 1.82) is 0 Å². The Kier molecular flexibility index (Phi) is 3.97. The van der Waals surface area contributed by atoms with E-state index >= 15 is 0 Å². The van der Waals surface area contributed by atoms with Crippen LogP contribution in [0.4, 0.5) is 0 Å². The third-order valence-corrected chi connectivity index (χ3v) is 3.68. The van der Waals surface area contributed by atoms with E-state index in [1.165, 1.54) is 4.31 Å². The summed E-state index contributed by atoms with van der Waals surface area (Å²) in [6, 6.07) is 0. The molecule has 1 aliphatic rings. The second-order valence-electron chi connectivity index (χ2n) is 3.00. The Balaban J connectivity index is 2.39. The first kappa shape index (κ1) is 11.2. The van der Waals surface area contributed by atoms with Gasteiger partial charge in [0, 0.05) is 30.4 Å². The number of nitrogens with zero attached hydrogens (tertiary/aromatic N) is 1. The van der Waals surface area contributed by atoms with E-state index in [1.54, 1.807) is 0 Å². The molecule has 1 fully saturated rings. The Bertz CT molecular complexity index is 246. The maximum Gasteiger partial charge on any atom is 0.299 e. The van der Waals surface area contributed by atoms with Gasteiger partial charge in [-0.1, -0.05) is 0 Å². The van der Waals surface area contributed by atoms with Crippen LogP contribution in [-0.4, -0.2) is 38.5 Å². The van der Waals surface area contributed by atoms with Gasteiger partial charge in [0.15, 0.2) is 0 Å². The largest absolute Gasteiger partial charge is 0.378 e. The minimum absolute atomic E-state index is 0.194. The molecule has 0 bridgehead atoms. The zero-order chi connectivity index (χ0) is 9.90. The fourth-order valence-corrected chi connectivity index (χ4v) is 2.51. The summed E-state index contributed by atoms with van der Waals surface area (Å²) in [4.78, 5) is 0. The van der Waals surface area contributed by atoms with Crippen molar-refractivity contribution in [2.75, 3.05) is 19.7 Å². The molecule has 6 heteroatoms. The Morgan fingerprint density at radius 1 is 1.46 bits per heavy atom. The highest BCUT2D eigenvalue weighted by Crippen LogP contribution is 2.18. The third-order valence-electron chi connectivity index (χ3n) is 2.11. The van der Waals surface area contributed by atoms with E-state index in [1.807, 2.05) is 6.92 Å². The van der Waals surface area contributed by atoms with Gasteiger partial charge >= 0.3 is 0 Å². The molecule has 0 aromatic heterocycles. The number of hydrogen-bond donors (Lipinski definition) is 0. The minimum Gasteiger partial charge on any atom is -0.378 e. The maximum atomic E-state index is 10.9. The van der Waals surface area contributed by atoms with Crippen molar-refractivity contribution in [2.45, 2.75) is 25.9 Å². The second-order valence-corrected chi connectivity index (χ2v) is 5.51. The lowest BCUT2D eigenvalue weighted by atomic mass is 10.1. The van der Waals surface area contributed by atoms with Gasteiger partial charge in [-0.15, -0.1) is 0 Å². The zero-order valence-corrected chi connectivity index (χ0v) is 9.14. The molecule has 0 radical (unpaired) electrons. The van der Waals surface area contributed by atoms with E-state index in [-0.39, 0.29) is 6.10 Å². The van der Waals surface area contributed by atoms with Crippen molar-refractivity contribution in [3.05, 3.63) is 0 Å². The standard InChI is InChI=1S/C7H14ClNO3S/c1-2-12-7-3-5-9(6-4-7)13(8,10)11/h7H,2-6H2,1H3. The fourth-order valence-electron chi connectivity index (χ4n) is 1.45. The molecule has 1 aliphatic heterocycles. The summed E-state index contributed by atoms with van der Waals surface area (Å²) in [5.74, 6) is 0. The molecular formula is C7H14ClNO3S. The van der Waals surface area contributed by atoms with Crippen LogP contribution in [0.1, 0.15) is 19.8 Å². The molecule has 0 spiro atoms. The van der Waals surface area contributed by atoms with Gasteiger partial charge in [0.1, 0.15) is 0 Å². The molecule has 0 saturated carbocycles. The van der Waals surface area contributed by atoms with E-state index < -0.39 is 9.24 Å². The SMILES string of the molecule is CCOC1CCN(S(=O)(=O)Cl)CC1. The molecule has 0 atom stereocenters. The number of piperidine rings is 1. The van der Waals surface area contributed by atoms with Crippen molar-refractivity contribution in [3.8, 4) is 0 Å². The Labute approximate surface area is 83.4 Å². The lowest BCUT2D eigenvalue weighted by Crippen LogP contribution is -2.38. The van der Waals surface area contributed by atoms with Crippen molar-refractivity contribution < 1.29 is 13.2 Å². The van der Waals surface area contributed by atoms with Crippen molar-refractivity contribution in [1.82, 2.24) is 4.31 Å². The van der Waals surface area contributed by atoms with Crippen molar-refractivity contribution in [2.24, 2.45) is 0 Å². The van der Waals surface area contributed by atoms with Gasteiger partial charge in [0.25, 0.3) is 9.24 Å². The number of rotatable bonds is 3. The Morgan fingerprint density at radius 2 is 2.00 bits per heavy atom. The topological polar surface area (TPSA) is 46.6 Å². The smallest absolute Gasteiger partial charge is 0.299 e. The summed E-state index contributed by atoms with van der Waals surface area (Å²) in [7, 11) is 1.68. The van der Waals surface area contributed by atoms with Gasteiger partial charge in [-0.25, -0.2) is 0 Å². The molecular weight excluding hydrogens is 214 g/mol. The zero-order valence-electron chi connectivity index (χ0n) is 7.57. The molecule has 1 rings (SSSR count). The first-order valence-electron chi connectivity index (χ1n) is 4.35. The first-order chi connectivity index (χ1) is 6.04.